The van der Waals surface area contributed by atoms with Crippen molar-refractivity contribution in [3.05, 3.63) is 58.1 Å². The SMILES string of the molecule is COc1ccc(NC(=O)COC(=O)c2ccc(NC(C)=O)cc2)c([N+](=O)[O-])c1. The summed E-state index contributed by atoms with van der Waals surface area (Å²) in [5.41, 5.74) is 0.282. The van der Waals surface area contributed by atoms with Crippen LogP contribution in [0.3, 0.4) is 0 Å². The normalized spacial score (nSPS) is 9.93. The molecule has 28 heavy (non-hydrogen) atoms. The van der Waals surface area contributed by atoms with Gasteiger partial charge < -0.3 is 20.1 Å². The molecule has 0 aliphatic rings. The molecule has 0 saturated heterocycles. The third kappa shape index (κ3) is 5.53. The Bertz CT molecular complexity index is 910. The molecule has 0 saturated carbocycles. The van der Waals surface area contributed by atoms with Crippen LogP contribution in [0.1, 0.15) is 17.3 Å². The van der Waals surface area contributed by atoms with Gasteiger partial charge in [-0.05, 0) is 36.4 Å². The van der Waals surface area contributed by atoms with Crippen LogP contribution in [-0.2, 0) is 14.3 Å². The van der Waals surface area contributed by atoms with Gasteiger partial charge in [0.15, 0.2) is 6.61 Å². The Morgan fingerprint density at radius 1 is 1.07 bits per heavy atom. The van der Waals surface area contributed by atoms with Crippen molar-refractivity contribution in [2.75, 3.05) is 24.4 Å². The summed E-state index contributed by atoms with van der Waals surface area (Å²) in [4.78, 5) is 45.3. The third-order valence-electron chi connectivity index (χ3n) is 3.45. The van der Waals surface area contributed by atoms with Crippen molar-refractivity contribution < 1.29 is 28.8 Å². The Hall–Kier alpha value is -3.95. The summed E-state index contributed by atoms with van der Waals surface area (Å²) in [6.07, 6.45) is 0. The number of ether oxygens (including phenoxy) is 2. The summed E-state index contributed by atoms with van der Waals surface area (Å²) in [6.45, 7) is 0.726. The van der Waals surface area contributed by atoms with Gasteiger partial charge in [0.05, 0.1) is 23.7 Å². The second kappa shape index (κ2) is 9.12. The number of carbonyl (C=O) groups excluding carboxylic acids is 3. The van der Waals surface area contributed by atoms with Gasteiger partial charge in [0.1, 0.15) is 11.4 Å². The highest BCUT2D eigenvalue weighted by molar-refractivity contribution is 5.97. The predicted octanol–water partition coefficient (Wildman–Crippen LogP) is 2.36. The van der Waals surface area contributed by atoms with E-state index < -0.39 is 23.4 Å². The zero-order valence-corrected chi connectivity index (χ0v) is 15.1. The molecule has 0 aromatic heterocycles. The maximum absolute atomic E-state index is 12.0. The lowest BCUT2D eigenvalue weighted by atomic mass is 10.2. The lowest BCUT2D eigenvalue weighted by Gasteiger charge is -2.08. The molecule has 146 valence electrons. The van der Waals surface area contributed by atoms with E-state index in [1.54, 1.807) is 0 Å². The summed E-state index contributed by atoms with van der Waals surface area (Å²) >= 11 is 0. The minimum Gasteiger partial charge on any atom is -0.496 e. The van der Waals surface area contributed by atoms with E-state index >= 15 is 0 Å². The molecule has 0 fully saturated rings. The Balaban J connectivity index is 1.96. The number of anilines is 2. The van der Waals surface area contributed by atoms with Crippen molar-refractivity contribution in [1.29, 1.82) is 0 Å². The molecule has 0 bridgehead atoms. The van der Waals surface area contributed by atoms with E-state index in [0.29, 0.717) is 5.69 Å². The standard InChI is InChI=1S/C18H17N3O7/c1-11(22)19-13-5-3-12(4-6-13)18(24)28-10-17(23)20-15-8-7-14(27-2)9-16(15)21(25)26/h3-9H,10H2,1-2H3,(H,19,22)(H,20,23). The lowest BCUT2D eigenvalue weighted by Crippen LogP contribution is -2.21. The molecule has 0 atom stereocenters. The van der Waals surface area contributed by atoms with Crippen LogP contribution in [0, 0.1) is 10.1 Å². The first-order valence-electron chi connectivity index (χ1n) is 7.97. The molecule has 0 aliphatic carbocycles. The van der Waals surface area contributed by atoms with Gasteiger partial charge in [-0.3, -0.25) is 19.7 Å². The van der Waals surface area contributed by atoms with Gasteiger partial charge in [-0.25, -0.2) is 4.79 Å². The highest BCUT2D eigenvalue weighted by Gasteiger charge is 2.18. The number of carbonyl (C=O) groups is 3. The first kappa shape index (κ1) is 20.4. The zero-order chi connectivity index (χ0) is 20.7. The van der Waals surface area contributed by atoms with Crippen molar-refractivity contribution in [2.24, 2.45) is 0 Å². The Labute approximate surface area is 159 Å². The number of benzene rings is 2. The molecule has 2 rings (SSSR count). The van der Waals surface area contributed by atoms with E-state index in [9.17, 15) is 24.5 Å². The summed E-state index contributed by atoms with van der Waals surface area (Å²) in [5, 5.41) is 16.0. The highest BCUT2D eigenvalue weighted by atomic mass is 16.6. The van der Waals surface area contributed by atoms with E-state index in [1.165, 1.54) is 50.4 Å². The fraction of sp³-hybridized carbons (Fsp3) is 0.167. The molecule has 0 radical (unpaired) electrons. The lowest BCUT2D eigenvalue weighted by molar-refractivity contribution is -0.384. The van der Waals surface area contributed by atoms with Crippen LogP contribution >= 0.6 is 0 Å². The van der Waals surface area contributed by atoms with E-state index in [4.69, 9.17) is 9.47 Å². The smallest absolute Gasteiger partial charge is 0.338 e. The number of hydrogen-bond donors (Lipinski definition) is 2. The highest BCUT2D eigenvalue weighted by Crippen LogP contribution is 2.28. The molecule has 0 aliphatic heterocycles. The van der Waals surface area contributed by atoms with Crippen molar-refractivity contribution >= 4 is 34.8 Å². The van der Waals surface area contributed by atoms with Crippen LogP contribution in [0.2, 0.25) is 0 Å². The van der Waals surface area contributed by atoms with Crippen molar-refractivity contribution in [3.8, 4) is 5.75 Å². The average molecular weight is 387 g/mol. The van der Waals surface area contributed by atoms with Crippen LogP contribution < -0.4 is 15.4 Å². The number of nitrogens with one attached hydrogen (secondary N) is 2. The van der Waals surface area contributed by atoms with Gasteiger partial charge >= 0.3 is 5.97 Å². The number of nitrogens with zero attached hydrogens (tertiary/aromatic N) is 1. The largest absolute Gasteiger partial charge is 0.496 e. The average Bonchev–Trinajstić information content (AvgIpc) is 2.66. The number of hydrogen-bond acceptors (Lipinski definition) is 7. The van der Waals surface area contributed by atoms with Gasteiger partial charge in [-0.15, -0.1) is 0 Å². The third-order valence-corrected chi connectivity index (χ3v) is 3.45. The molecule has 0 heterocycles. The molecule has 10 heteroatoms. The number of methoxy groups -OCH3 is 1. The summed E-state index contributed by atoms with van der Waals surface area (Å²) in [5.74, 6) is -1.48. The van der Waals surface area contributed by atoms with Gasteiger partial charge in [-0.1, -0.05) is 0 Å². The first-order valence-corrected chi connectivity index (χ1v) is 7.97. The number of amides is 2. The molecule has 2 aromatic carbocycles. The van der Waals surface area contributed by atoms with Gasteiger partial charge in [-0.2, -0.15) is 0 Å². The number of esters is 1. The number of nitro groups is 1. The van der Waals surface area contributed by atoms with Crippen LogP contribution in [0.4, 0.5) is 17.1 Å². The molecule has 0 spiro atoms. The van der Waals surface area contributed by atoms with Crippen LogP contribution in [0.15, 0.2) is 42.5 Å². The van der Waals surface area contributed by atoms with Crippen molar-refractivity contribution in [1.82, 2.24) is 0 Å². The molecule has 10 nitrogen and oxygen atoms in total. The fourth-order valence-corrected chi connectivity index (χ4v) is 2.19. The summed E-state index contributed by atoms with van der Waals surface area (Å²) in [7, 11) is 1.36. The minimum atomic E-state index is -0.756. The van der Waals surface area contributed by atoms with E-state index in [1.807, 2.05) is 0 Å². The van der Waals surface area contributed by atoms with Crippen molar-refractivity contribution in [2.45, 2.75) is 6.92 Å². The Morgan fingerprint density at radius 3 is 2.32 bits per heavy atom. The zero-order valence-electron chi connectivity index (χ0n) is 15.1. The molecule has 2 aromatic rings. The maximum Gasteiger partial charge on any atom is 0.338 e. The van der Waals surface area contributed by atoms with Crippen LogP contribution in [-0.4, -0.2) is 36.4 Å². The second-order valence-corrected chi connectivity index (χ2v) is 5.52. The van der Waals surface area contributed by atoms with Gasteiger partial charge in [0, 0.05) is 12.6 Å². The maximum atomic E-state index is 12.0. The molecule has 0 unspecified atom stereocenters. The monoisotopic (exact) mass is 387 g/mol. The molecule has 2 N–H and O–H groups in total. The van der Waals surface area contributed by atoms with Crippen molar-refractivity contribution in [3.63, 3.8) is 0 Å². The minimum absolute atomic E-state index is 0.0495. The van der Waals surface area contributed by atoms with Gasteiger partial charge in [0.25, 0.3) is 11.6 Å². The van der Waals surface area contributed by atoms with Crippen LogP contribution in [0.25, 0.3) is 0 Å². The topological polar surface area (TPSA) is 137 Å². The van der Waals surface area contributed by atoms with E-state index in [-0.39, 0.29) is 28.6 Å². The molecule has 2 amide bonds. The van der Waals surface area contributed by atoms with E-state index in [2.05, 4.69) is 10.6 Å². The van der Waals surface area contributed by atoms with E-state index in [0.717, 1.165) is 6.07 Å². The van der Waals surface area contributed by atoms with Gasteiger partial charge in [0.2, 0.25) is 5.91 Å². The predicted molar refractivity (Wildman–Crippen MR) is 99.3 cm³/mol. The Kier molecular flexibility index (Phi) is 6.63. The summed E-state index contributed by atoms with van der Waals surface area (Å²) in [6, 6.07) is 9.82. The van der Waals surface area contributed by atoms with Crippen LogP contribution in [0.5, 0.6) is 5.75 Å². The number of rotatable bonds is 7. The molecular weight excluding hydrogens is 370 g/mol. The number of nitro benzene ring substituents is 1. The Morgan fingerprint density at radius 2 is 1.75 bits per heavy atom. The first-order chi connectivity index (χ1) is 13.3. The quantitative estimate of drug-likeness (QED) is 0.423. The summed E-state index contributed by atoms with van der Waals surface area (Å²) < 4.78 is 9.81. The fourth-order valence-electron chi connectivity index (χ4n) is 2.19. The second-order valence-electron chi connectivity index (χ2n) is 5.52. The molecular formula is C18H17N3O7.